The number of benzene rings is 1. The Hall–Kier alpha value is -1.98. The number of nitrogens with one attached hydrogen (secondary N) is 2. The molecule has 0 bridgehead atoms. The highest BCUT2D eigenvalue weighted by molar-refractivity contribution is 8.03. The van der Waals surface area contributed by atoms with Crippen molar-refractivity contribution >= 4 is 52.5 Å². The molecule has 8 nitrogen and oxygen atoms in total. The minimum atomic E-state index is -0.610. The molecule has 0 spiro atoms. The molecule has 0 aliphatic carbocycles. The number of ether oxygens (including phenoxy) is 2. The van der Waals surface area contributed by atoms with Gasteiger partial charge in [-0.05, 0) is 18.4 Å². The van der Waals surface area contributed by atoms with Gasteiger partial charge in [-0.2, -0.15) is 0 Å². The van der Waals surface area contributed by atoms with Crippen LogP contribution in [0.2, 0.25) is 0 Å². The lowest BCUT2D eigenvalue weighted by Gasteiger charge is -2.07. The molecule has 2 heterocycles. The van der Waals surface area contributed by atoms with E-state index in [1.165, 1.54) is 34.9 Å². The number of anilines is 1. The molecule has 0 saturated carbocycles. The summed E-state index contributed by atoms with van der Waals surface area (Å²) in [6, 6.07) is 4.37. The number of thioether (sulfide) groups is 2. The molecule has 2 N–H and O–H groups in total. The lowest BCUT2D eigenvalue weighted by Crippen LogP contribution is -2.35. The van der Waals surface area contributed by atoms with Crippen molar-refractivity contribution in [2.45, 2.75) is 8.68 Å². The molecule has 0 atom stereocenters. The molecule has 1 aliphatic heterocycles. The molecule has 1 aromatic carbocycles. The molecule has 1 aliphatic rings. The molecule has 126 valence electrons. The molecule has 3 amide bonds. The summed E-state index contributed by atoms with van der Waals surface area (Å²) in [5, 5.41) is 12.7. The van der Waals surface area contributed by atoms with E-state index in [0.717, 1.165) is 4.34 Å². The molecule has 11 heteroatoms. The quantitative estimate of drug-likeness (QED) is 0.758. The van der Waals surface area contributed by atoms with Crippen LogP contribution in [-0.4, -0.2) is 40.9 Å². The van der Waals surface area contributed by atoms with Gasteiger partial charge in [0.15, 0.2) is 20.2 Å². The van der Waals surface area contributed by atoms with E-state index in [2.05, 4.69) is 20.8 Å². The molecular formula is C13H12N4O4S3. The first kappa shape index (κ1) is 16.9. The van der Waals surface area contributed by atoms with Crippen molar-refractivity contribution in [1.29, 1.82) is 0 Å². The minimum Gasteiger partial charge on any atom is -0.454 e. The van der Waals surface area contributed by atoms with Crippen LogP contribution in [-0.2, 0) is 4.79 Å². The van der Waals surface area contributed by atoms with Crippen molar-refractivity contribution in [2.75, 3.05) is 24.1 Å². The number of amides is 3. The molecule has 24 heavy (non-hydrogen) atoms. The SMILES string of the molecule is CSc1nnc(SCC(=O)NC(=O)Nc2ccc3c(c2)OCO3)s1. The zero-order valence-electron chi connectivity index (χ0n) is 12.4. The Bertz CT molecular complexity index is 767. The van der Waals surface area contributed by atoms with E-state index in [0.29, 0.717) is 21.5 Å². The van der Waals surface area contributed by atoms with E-state index in [1.54, 1.807) is 18.2 Å². The Labute approximate surface area is 149 Å². The van der Waals surface area contributed by atoms with Gasteiger partial charge < -0.3 is 14.8 Å². The zero-order chi connectivity index (χ0) is 16.9. The maximum Gasteiger partial charge on any atom is 0.325 e. The molecular weight excluding hydrogens is 372 g/mol. The Kier molecular flexibility index (Phi) is 5.43. The summed E-state index contributed by atoms with van der Waals surface area (Å²) in [6.45, 7) is 0.157. The van der Waals surface area contributed by atoms with Gasteiger partial charge in [-0.25, -0.2) is 4.79 Å². The van der Waals surface area contributed by atoms with Crippen LogP contribution < -0.4 is 20.1 Å². The zero-order valence-corrected chi connectivity index (χ0v) is 14.8. The average Bonchev–Trinajstić information content (AvgIpc) is 3.21. The summed E-state index contributed by atoms with van der Waals surface area (Å²) in [5.74, 6) is 0.835. The largest absolute Gasteiger partial charge is 0.454 e. The molecule has 1 aromatic heterocycles. The Morgan fingerprint density at radius 2 is 2.04 bits per heavy atom. The number of urea groups is 1. The monoisotopic (exact) mass is 384 g/mol. The lowest BCUT2D eigenvalue weighted by molar-refractivity contribution is -0.117. The number of aromatic nitrogens is 2. The smallest absolute Gasteiger partial charge is 0.325 e. The summed E-state index contributed by atoms with van der Waals surface area (Å²) in [6.07, 6.45) is 1.90. The van der Waals surface area contributed by atoms with Gasteiger partial charge in [0.1, 0.15) is 0 Å². The van der Waals surface area contributed by atoms with Gasteiger partial charge in [-0.3, -0.25) is 10.1 Å². The number of carbonyl (C=O) groups is 2. The fourth-order valence-electron chi connectivity index (χ4n) is 1.76. The third-order valence-electron chi connectivity index (χ3n) is 2.77. The van der Waals surface area contributed by atoms with E-state index >= 15 is 0 Å². The third kappa shape index (κ3) is 4.30. The fraction of sp³-hybridized carbons (Fsp3) is 0.231. The highest BCUT2D eigenvalue weighted by atomic mass is 32.2. The molecule has 0 fully saturated rings. The Morgan fingerprint density at radius 1 is 1.25 bits per heavy atom. The van der Waals surface area contributed by atoms with Crippen LogP contribution in [0.1, 0.15) is 0 Å². The number of carbonyl (C=O) groups excluding carboxylic acids is 2. The second-order valence-corrected chi connectivity index (χ2v) is 7.65. The van der Waals surface area contributed by atoms with Gasteiger partial charge in [0.05, 0.1) is 5.75 Å². The van der Waals surface area contributed by atoms with Crippen molar-refractivity contribution < 1.29 is 19.1 Å². The van der Waals surface area contributed by atoms with Gasteiger partial charge in [-0.15, -0.1) is 10.2 Å². The second kappa shape index (κ2) is 7.73. The third-order valence-corrected chi connectivity index (χ3v) is 5.80. The van der Waals surface area contributed by atoms with Crippen molar-refractivity contribution in [2.24, 2.45) is 0 Å². The molecule has 0 saturated heterocycles. The van der Waals surface area contributed by atoms with Crippen molar-refractivity contribution in [3.8, 4) is 11.5 Å². The van der Waals surface area contributed by atoms with Crippen LogP contribution in [0.4, 0.5) is 10.5 Å². The van der Waals surface area contributed by atoms with Gasteiger partial charge in [0.25, 0.3) is 0 Å². The maximum absolute atomic E-state index is 11.8. The maximum atomic E-state index is 11.8. The molecule has 3 rings (SSSR count). The van der Waals surface area contributed by atoms with E-state index in [9.17, 15) is 9.59 Å². The Balaban J connectivity index is 1.46. The number of hydrogen-bond acceptors (Lipinski definition) is 9. The normalized spacial score (nSPS) is 12.0. The number of rotatable bonds is 5. The first-order valence-electron chi connectivity index (χ1n) is 6.65. The van der Waals surface area contributed by atoms with Crippen LogP contribution in [0.5, 0.6) is 11.5 Å². The fourth-order valence-corrected chi connectivity index (χ4v) is 4.00. The van der Waals surface area contributed by atoms with E-state index in [-0.39, 0.29) is 12.5 Å². The number of fused-ring (bicyclic) bond motifs is 1. The second-order valence-electron chi connectivity index (χ2n) is 4.40. The highest BCUT2D eigenvalue weighted by Gasteiger charge is 2.15. The topological polar surface area (TPSA) is 102 Å². The predicted molar refractivity (Wildman–Crippen MR) is 92.1 cm³/mol. The summed E-state index contributed by atoms with van der Waals surface area (Å²) >= 11 is 4.13. The standard InChI is InChI=1S/C13H12N4O4S3/c1-22-12-16-17-13(24-12)23-5-10(18)15-11(19)14-7-2-3-8-9(4-7)21-6-20-8/h2-4H,5-6H2,1H3,(H2,14,15,18,19). The van der Waals surface area contributed by atoms with Crippen LogP contribution in [0, 0.1) is 0 Å². The number of nitrogens with zero attached hydrogens (tertiary/aromatic N) is 2. The van der Waals surface area contributed by atoms with Crippen LogP contribution >= 0.6 is 34.9 Å². The van der Waals surface area contributed by atoms with Crippen LogP contribution in [0.15, 0.2) is 26.9 Å². The number of imide groups is 1. The lowest BCUT2D eigenvalue weighted by atomic mass is 10.3. The molecule has 0 unspecified atom stereocenters. The summed E-state index contributed by atoms with van der Waals surface area (Å²) in [4.78, 5) is 23.6. The highest BCUT2D eigenvalue weighted by Crippen LogP contribution is 2.34. The van der Waals surface area contributed by atoms with E-state index in [1.807, 2.05) is 6.26 Å². The summed E-state index contributed by atoms with van der Waals surface area (Å²) < 4.78 is 11.9. The van der Waals surface area contributed by atoms with Crippen molar-refractivity contribution in [3.63, 3.8) is 0 Å². The van der Waals surface area contributed by atoms with E-state index < -0.39 is 11.9 Å². The summed E-state index contributed by atoms with van der Waals surface area (Å²) in [7, 11) is 0. The van der Waals surface area contributed by atoms with Gasteiger partial charge in [-0.1, -0.05) is 34.9 Å². The Morgan fingerprint density at radius 3 is 2.83 bits per heavy atom. The van der Waals surface area contributed by atoms with Crippen LogP contribution in [0.25, 0.3) is 0 Å². The molecule has 2 aromatic rings. The predicted octanol–water partition coefficient (Wildman–Crippen LogP) is 2.43. The van der Waals surface area contributed by atoms with Gasteiger partial charge in [0, 0.05) is 11.8 Å². The molecule has 0 radical (unpaired) electrons. The van der Waals surface area contributed by atoms with Gasteiger partial charge >= 0.3 is 6.03 Å². The van der Waals surface area contributed by atoms with Crippen molar-refractivity contribution in [1.82, 2.24) is 15.5 Å². The first-order chi connectivity index (χ1) is 11.6. The minimum absolute atomic E-state index is 0.0809. The number of hydrogen-bond donors (Lipinski definition) is 2. The van der Waals surface area contributed by atoms with E-state index in [4.69, 9.17) is 9.47 Å². The van der Waals surface area contributed by atoms with Crippen molar-refractivity contribution in [3.05, 3.63) is 18.2 Å². The van der Waals surface area contributed by atoms with Gasteiger partial charge in [0.2, 0.25) is 12.7 Å². The summed E-state index contributed by atoms with van der Waals surface area (Å²) in [5.41, 5.74) is 0.505. The first-order valence-corrected chi connectivity index (χ1v) is 9.67. The van der Waals surface area contributed by atoms with Crippen LogP contribution in [0.3, 0.4) is 0 Å². The average molecular weight is 384 g/mol.